The lowest BCUT2D eigenvalue weighted by Gasteiger charge is -2.38. The molecule has 0 spiro atoms. The van der Waals surface area contributed by atoms with Gasteiger partial charge in [0, 0.05) is 19.5 Å². The molecule has 124 valence electrons. The smallest absolute Gasteiger partial charge is 0.269 e. The van der Waals surface area contributed by atoms with Crippen molar-refractivity contribution in [1.29, 1.82) is 0 Å². The molecule has 1 aromatic carbocycles. The van der Waals surface area contributed by atoms with Crippen molar-refractivity contribution < 1.29 is 18.8 Å². The highest BCUT2D eigenvalue weighted by atomic mass is 19.1. The second-order valence-electron chi connectivity index (χ2n) is 6.51. The molecule has 1 aromatic rings. The molecule has 0 radical (unpaired) electrons. The minimum atomic E-state index is -1.01. The molecule has 3 rings (SSSR count). The van der Waals surface area contributed by atoms with Gasteiger partial charge in [0.1, 0.15) is 5.82 Å². The number of benzene rings is 1. The van der Waals surface area contributed by atoms with Crippen molar-refractivity contribution in [2.75, 3.05) is 13.1 Å². The summed E-state index contributed by atoms with van der Waals surface area (Å²) in [6.07, 6.45) is 0.382. The molecule has 0 aromatic heterocycles. The first-order valence-electron chi connectivity index (χ1n) is 7.83. The summed E-state index contributed by atoms with van der Waals surface area (Å²) in [6.45, 7) is 6.75. The third-order valence-corrected chi connectivity index (χ3v) is 4.20. The summed E-state index contributed by atoms with van der Waals surface area (Å²) in [7, 11) is 0. The Bertz CT molecular complexity index is 621. The van der Waals surface area contributed by atoms with E-state index >= 15 is 0 Å². The number of carbonyl (C=O) groups excluding carboxylic acids is 1. The van der Waals surface area contributed by atoms with Gasteiger partial charge in [0.25, 0.3) is 5.91 Å². The summed E-state index contributed by atoms with van der Waals surface area (Å²) >= 11 is 0. The van der Waals surface area contributed by atoms with Crippen LogP contribution in [0.4, 0.5) is 4.39 Å². The molecule has 1 saturated heterocycles. The van der Waals surface area contributed by atoms with Gasteiger partial charge in [-0.05, 0) is 38.5 Å². The number of rotatable bonds is 2. The van der Waals surface area contributed by atoms with Crippen LogP contribution in [0.5, 0.6) is 0 Å². The zero-order valence-electron chi connectivity index (χ0n) is 13.6. The number of hydrogen-bond acceptors (Lipinski definition) is 4. The first-order valence-corrected chi connectivity index (χ1v) is 7.83. The first-order chi connectivity index (χ1) is 10.9. The van der Waals surface area contributed by atoms with Gasteiger partial charge in [-0.2, -0.15) is 0 Å². The van der Waals surface area contributed by atoms with Crippen LogP contribution >= 0.6 is 0 Å². The molecule has 2 aliphatic heterocycles. The van der Waals surface area contributed by atoms with Crippen LogP contribution in [0.15, 0.2) is 29.4 Å². The van der Waals surface area contributed by atoms with E-state index in [9.17, 15) is 9.18 Å². The number of amides is 1. The number of oxime groups is 1. The second-order valence-corrected chi connectivity index (χ2v) is 6.51. The van der Waals surface area contributed by atoms with Crippen molar-refractivity contribution >= 4 is 11.6 Å². The molecule has 3 atom stereocenters. The van der Waals surface area contributed by atoms with Crippen LogP contribution in [-0.2, 0) is 14.4 Å². The Morgan fingerprint density at radius 2 is 1.87 bits per heavy atom. The van der Waals surface area contributed by atoms with Crippen molar-refractivity contribution in [1.82, 2.24) is 4.90 Å². The Balaban J connectivity index is 1.71. The topological polar surface area (TPSA) is 51.1 Å². The molecule has 0 unspecified atom stereocenters. The molecule has 2 heterocycles. The number of hydrogen-bond donors (Lipinski definition) is 0. The molecule has 5 nitrogen and oxygen atoms in total. The third-order valence-electron chi connectivity index (χ3n) is 4.20. The number of carbonyl (C=O) groups is 1. The molecule has 0 N–H and O–H groups in total. The van der Waals surface area contributed by atoms with E-state index in [1.165, 1.54) is 12.1 Å². The predicted octanol–water partition coefficient (Wildman–Crippen LogP) is 2.34. The van der Waals surface area contributed by atoms with E-state index in [1.54, 1.807) is 24.0 Å². The van der Waals surface area contributed by atoms with Crippen LogP contribution in [0.1, 0.15) is 32.8 Å². The molecular weight excluding hydrogens is 299 g/mol. The monoisotopic (exact) mass is 320 g/mol. The van der Waals surface area contributed by atoms with Gasteiger partial charge >= 0.3 is 0 Å². The largest absolute Gasteiger partial charge is 0.379 e. The lowest BCUT2D eigenvalue weighted by molar-refractivity contribution is -0.164. The number of ether oxygens (including phenoxy) is 1. The summed E-state index contributed by atoms with van der Waals surface area (Å²) in [6, 6.07) is 6.04. The van der Waals surface area contributed by atoms with Crippen LogP contribution in [0.2, 0.25) is 0 Å². The fraction of sp³-hybridized carbons (Fsp3) is 0.529. The third kappa shape index (κ3) is 3.22. The van der Waals surface area contributed by atoms with Crippen molar-refractivity contribution in [2.45, 2.75) is 45.0 Å². The molecule has 0 saturated carbocycles. The predicted molar refractivity (Wildman–Crippen MR) is 83.6 cm³/mol. The fourth-order valence-electron chi connectivity index (χ4n) is 3.13. The zero-order valence-corrected chi connectivity index (χ0v) is 13.6. The van der Waals surface area contributed by atoms with Gasteiger partial charge in [0.05, 0.1) is 17.9 Å². The standard InChI is InChI=1S/C17H21FN2O3/c1-11-9-20(10-12(2)22-11)16(21)17(3)8-15(19-23-17)13-4-6-14(18)7-5-13/h4-7,11-12H,8-10H2,1-3H3/t11-,12+,17-/m0/s1. The lowest BCUT2D eigenvalue weighted by atomic mass is 9.94. The number of nitrogens with zero attached hydrogens (tertiary/aromatic N) is 2. The van der Waals surface area contributed by atoms with Crippen molar-refractivity contribution in [3.8, 4) is 0 Å². The number of morpholine rings is 1. The Hall–Kier alpha value is -1.95. The van der Waals surface area contributed by atoms with E-state index in [0.717, 1.165) is 5.56 Å². The highest BCUT2D eigenvalue weighted by Crippen LogP contribution is 2.29. The Morgan fingerprint density at radius 1 is 1.26 bits per heavy atom. The fourth-order valence-corrected chi connectivity index (χ4v) is 3.13. The SMILES string of the molecule is C[C@@H]1CN(C(=O)[C@]2(C)CC(c3ccc(F)cc3)=NO2)C[C@H](C)O1. The minimum absolute atomic E-state index is 0.00481. The van der Waals surface area contributed by atoms with Crippen molar-refractivity contribution in [3.63, 3.8) is 0 Å². The summed E-state index contributed by atoms with van der Waals surface area (Å²) in [5.74, 6) is -0.385. The summed E-state index contributed by atoms with van der Waals surface area (Å²) in [5.41, 5.74) is 0.419. The zero-order chi connectivity index (χ0) is 16.6. The van der Waals surface area contributed by atoms with E-state index in [1.807, 2.05) is 13.8 Å². The summed E-state index contributed by atoms with van der Waals surface area (Å²) in [4.78, 5) is 20.1. The van der Waals surface area contributed by atoms with E-state index in [2.05, 4.69) is 5.16 Å². The Kier molecular flexibility index (Phi) is 4.10. The van der Waals surface area contributed by atoms with Gasteiger partial charge in [-0.1, -0.05) is 17.3 Å². The Labute approximate surface area is 135 Å². The lowest BCUT2D eigenvalue weighted by Crippen LogP contribution is -2.55. The van der Waals surface area contributed by atoms with E-state index in [4.69, 9.17) is 9.57 Å². The summed E-state index contributed by atoms with van der Waals surface area (Å²) < 4.78 is 18.7. The minimum Gasteiger partial charge on any atom is -0.379 e. The molecule has 23 heavy (non-hydrogen) atoms. The van der Waals surface area contributed by atoms with Gasteiger partial charge in [0.15, 0.2) is 0 Å². The van der Waals surface area contributed by atoms with Gasteiger partial charge in [-0.3, -0.25) is 4.79 Å². The molecule has 6 heteroatoms. The average Bonchev–Trinajstić information content (AvgIpc) is 2.90. The molecule has 2 aliphatic rings. The molecule has 0 aliphatic carbocycles. The quantitative estimate of drug-likeness (QED) is 0.840. The maximum atomic E-state index is 13.0. The van der Waals surface area contributed by atoms with Crippen LogP contribution in [0.25, 0.3) is 0 Å². The molecule has 1 fully saturated rings. The van der Waals surface area contributed by atoms with Crippen LogP contribution in [0.3, 0.4) is 0 Å². The highest BCUT2D eigenvalue weighted by molar-refractivity contribution is 6.05. The van der Waals surface area contributed by atoms with Gasteiger partial charge < -0.3 is 14.5 Å². The van der Waals surface area contributed by atoms with Gasteiger partial charge in [-0.15, -0.1) is 0 Å². The maximum Gasteiger partial charge on any atom is 0.269 e. The molecule has 0 bridgehead atoms. The maximum absolute atomic E-state index is 13.0. The van der Waals surface area contributed by atoms with Crippen LogP contribution in [0, 0.1) is 5.82 Å². The highest BCUT2D eigenvalue weighted by Gasteiger charge is 2.46. The second kappa shape index (κ2) is 5.92. The summed E-state index contributed by atoms with van der Waals surface area (Å²) in [5, 5.41) is 4.06. The van der Waals surface area contributed by atoms with Crippen molar-refractivity contribution in [3.05, 3.63) is 35.6 Å². The van der Waals surface area contributed by atoms with E-state index in [0.29, 0.717) is 25.2 Å². The van der Waals surface area contributed by atoms with Gasteiger partial charge in [0.2, 0.25) is 5.60 Å². The average molecular weight is 320 g/mol. The normalized spacial score (nSPS) is 30.8. The van der Waals surface area contributed by atoms with Crippen LogP contribution < -0.4 is 0 Å². The van der Waals surface area contributed by atoms with Gasteiger partial charge in [-0.25, -0.2) is 4.39 Å². The first kappa shape index (κ1) is 15.9. The van der Waals surface area contributed by atoms with Crippen LogP contribution in [-0.4, -0.2) is 47.4 Å². The van der Waals surface area contributed by atoms with E-state index < -0.39 is 5.60 Å². The van der Waals surface area contributed by atoms with Crippen molar-refractivity contribution in [2.24, 2.45) is 5.16 Å². The number of halogens is 1. The Morgan fingerprint density at radius 3 is 2.48 bits per heavy atom. The molecule has 1 amide bonds. The van der Waals surface area contributed by atoms with E-state index in [-0.39, 0.29) is 23.9 Å². The molecular formula is C17H21FN2O3.